The fourth-order valence-corrected chi connectivity index (χ4v) is 7.26. The van der Waals surface area contributed by atoms with Crippen LogP contribution >= 0.6 is 0 Å². The Morgan fingerprint density at radius 2 is 0.796 bits per heavy atom. The van der Waals surface area contributed by atoms with Crippen LogP contribution in [0.3, 0.4) is 0 Å². The zero-order valence-electron chi connectivity index (χ0n) is 26.5. The first kappa shape index (κ1) is 27.5. The first-order valence-electron chi connectivity index (χ1n) is 16.6. The van der Waals surface area contributed by atoms with Crippen molar-refractivity contribution in [2.75, 3.05) is 4.90 Å². The van der Waals surface area contributed by atoms with E-state index in [2.05, 4.69) is 157 Å². The van der Waals surface area contributed by atoms with E-state index in [1.165, 1.54) is 27.5 Å². The molecule has 10 aromatic rings. The van der Waals surface area contributed by atoms with Crippen LogP contribution in [0, 0.1) is 0 Å². The summed E-state index contributed by atoms with van der Waals surface area (Å²) in [6.07, 6.45) is 0. The summed E-state index contributed by atoms with van der Waals surface area (Å²) in [4.78, 5) is 2.27. The molecular weight excluding hydrogens is 599 g/mol. The largest absolute Gasteiger partial charge is 0.454 e. The maximum atomic E-state index is 6.58. The van der Waals surface area contributed by atoms with Gasteiger partial charge in [0.25, 0.3) is 0 Å². The summed E-state index contributed by atoms with van der Waals surface area (Å²) in [6, 6.07) is 62.0. The van der Waals surface area contributed by atoms with Gasteiger partial charge in [0, 0.05) is 27.2 Å². The molecule has 230 valence electrons. The van der Waals surface area contributed by atoms with Gasteiger partial charge in [0.15, 0.2) is 11.2 Å². The third-order valence-electron chi connectivity index (χ3n) is 9.66. The Labute approximate surface area is 282 Å². The highest BCUT2D eigenvalue weighted by Crippen LogP contribution is 2.46. The maximum Gasteiger partial charge on any atom is 0.159 e. The van der Waals surface area contributed by atoms with E-state index < -0.39 is 0 Å². The molecule has 3 nitrogen and oxygen atoms in total. The first-order valence-corrected chi connectivity index (χ1v) is 16.6. The molecule has 0 aliphatic rings. The molecule has 0 saturated carbocycles. The predicted octanol–water partition coefficient (Wildman–Crippen LogP) is 13.4. The molecule has 2 aromatic heterocycles. The van der Waals surface area contributed by atoms with Crippen LogP contribution in [0.15, 0.2) is 185 Å². The molecular formula is C46H29NO2. The fourth-order valence-electron chi connectivity index (χ4n) is 7.26. The lowest BCUT2D eigenvalue weighted by Gasteiger charge is -2.25. The zero-order chi connectivity index (χ0) is 32.3. The van der Waals surface area contributed by atoms with Crippen molar-refractivity contribution in [2.24, 2.45) is 0 Å². The number of nitrogens with zero attached hydrogens (tertiary/aromatic N) is 1. The smallest absolute Gasteiger partial charge is 0.159 e. The molecule has 0 unspecified atom stereocenters. The number of hydrogen-bond acceptors (Lipinski definition) is 3. The minimum Gasteiger partial charge on any atom is -0.454 e. The van der Waals surface area contributed by atoms with Crippen LogP contribution in [0.1, 0.15) is 0 Å². The lowest BCUT2D eigenvalue weighted by molar-refractivity contribution is 0.666. The number of furan rings is 2. The summed E-state index contributed by atoms with van der Waals surface area (Å²) in [5.74, 6) is 0. The number of anilines is 3. The molecule has 8 aromatic carbocycles. The Kier molecular flexibility index (Phi) is 6.18. The normalized spacial score (nSPS) is 11.7. The molecule has 0 bridgehead atoms. The van der Waals surface area contributed by atoms with E-state index in [0.717, 1.165) is 66.5 Å². The van der Waals surface area contributed by atoms with E-state index in [4.69, 9.17) is 8.83 Å². The lowest BCUT2D eigenvalue weighted by atomic mass is 9.97. The second-order valence-electron chi connectivity index (χ2n) is 12.5. The predicted molar refractivity (Wildman–Crippen MR) is 204 cm³/mol. The van der Waals surface area contributed by atoms with Crippen LogP contribution < -0.4 is 4.90 Å². The molecule has 10 rings (SSSR count). The van der Waals surface area contributed by atoms with Gasteiger partial charge in [0.1, 0.15) is 11.2 Å². The van der Waals surface area contributed by atoms with Gasteiger partial charge in [-0.15, -0.1) is 0 Å². The summed E-state index contributed by atoms with van der Waals surface area (Å²) in [5.41, 5.74) is 11.1. The highest BCUT2D eigenvalue weighted by molar-refractivity contribution is 6.14. The van der Waals surface area contributed by atoms with Crippen molar-refractivity contribution in [3.8, 4) is 22.3 Å². The molecule has 0 saturated heterocycles. The van der Waals surface area contributed by atoms with E-state index in [1.54, 1.807) is 0 Å². The van der Waals surface area contributed by atoms with Gasteiger partial charge in [-0.05, 0) is 81.6 Å². The highest BCUT2D eigenvalue weighted by atomic mass is 16.3. The molecule has 0 radical (unpaired) electrons. The van der Waals surface area contributed by atoms with Gasteiger partial charge < -0.3 is 13.7 Å². The molecule has 0 aliphatic carbocycles. The number of fused-ring (bicyclic) bond motifs is 7. The quantitative estimate of drug-likeness (QED) is 0.190. The third-order valence-corrected chi connectivity index (χ3v) is 9.66. The van der Waals surface area contributed by atoms with Crippen molar-refractivity contribution < 1.29 is 8.83 Å². The van der Waals surface area contributed by atoms with Crippen LogP contribution in [-0.2, 0) is 0 Å². The topological polar surface area (TPSA) is 29.5 Å². The second kappa shape index (κ2) is 11.0. The summed E-state index contributed by atoms with van der Waals surface area (Å²) >= 11 is 0. The van der Waals surface area contributed by atoms with Crippen molar-refractivity contribution >= 4 is 71.7 Å². The Bertz CT molecular complexity index is 2710. The molecule has 3 heteroatoms. The van der Waals surface area contributed by atoms with Crippen molar-refractivity contribution in [3.63, 3.8) is 0 Å². The molecule has 0 N–H and O–H groups in total. The number of benzene rings is 8. The fraction of sp³-hybridized carbons (Fsp3) is 0. The molecule has 0 fully saturated rings. The van der Waals surface area contributed by atoms with Gasteiger partial charge in [-0.2, -0.15) is 0 Å². The summed E-state index contributed by atoms with van der Waals surface area (Å²) in [7, 11) is 0. The average molecular weight is 628 g/mol. The molecule has 49 heavy (non-hydrogen) atoms. The van der Waals surface area contributed by atoms with Crippen LogP contribution in [0.2, 0.25) is 0 Å². The van der Waals surface area contributed by atoms with Crippen molar-refractivity contribution in [3.05, 3.63) is 176 Å². The monoisotopic (exact) mass is 627 g/mol. The zero-order valence-corrected chi connectivity index (χ0v) is 26.5. The van der Waals surface area contributed by atoms with Gasteiger partial charge in [0.05, 0.1) is 11.4 Å². The Morgan fingerprint density at radius 3 is 1.37 bits per heavy atom. The van der Waals surface area contributed by atoms with Crippen molar-refractivity contribution in [1.82, 2.24) is 0 Å². The van der Waals surface area contributed by atoms with Gasteiger partial charge >= 0.3 is 0 Å². The lowest BCUT2D eigenvalue weighted by Crippen LogP contribution is -2.10. The van der Waals surface area contributed by atoms with Crippen LogP contribution in [0.4, 0.5) is 17.1 Å². The van der Waals surface area contributed by atoms with Gasteiger partial charge in [-0.25, -0.2) is 0 Å². The number of hydrogen-bond donors (Lipinski definition) is 0. The van der Waals surface area contributed by atoms with Crippen LogP contribution in [0.5, 0.6) is 0 Å². The van der Waals surface area contributed by atoms with E-state index in [9.17, 15) is 0 Å². The molecule has 0 spiro atoms. The Hall–Kier alpha value is -6.58. The Balaban J connectivity index is 1.13. The van der Waals surface area contributed by atoms with Crippen molar-refractivity contribution in [2.45, 2.75) is 0 Å². The van der Waals surface area contributed by atoms with Gasteiger partial charge in [-0.1, -0.05) is 127 Å². The number of para-hydroxylation sites is 4. The van der Waals surface area contributed by atoms with E-state index in [1.807, 2.05) is 24.3 Å². The minimum absolute atomic E-state index is 0.838. The SMILES string of the molecule is c1ccc(-c2ccc3ccc(-c4ccc(N(c5cccc6c5oc5ccccc56)c5cccc6c5oc5ccccc56)cc4)cc3c2)cc1. The average Bonchev–Trinajstić information content (AvgIpc) is 3.75. The van der Waals surface area contributed by atoms with Gasteiger partial charge in [0.2, 0.25) is 0 Å². The summed E-state index contributed by atoms with van der Waals surface area (Å²) < 4.78 is 13.2. The van der Waals surface area contributed by atoms with E-state index in [-0.39, 0.29) is 0 Å². The van der Waals surface area contributed by atoms with Gasteiger partial charge in [-0.3, -0.25) is 0 Å². The summed E-state index contributed by atoms with van der Waals surface area (Å²) in [5, 5.41) is 6.81. The third kappa shape index (κ3) is 4.51. The molecule has 0 atom stereocenters. The molecule has 2 heterocycles. The first-order chi connectivity index (χ1) is 24.3. The van der Waals surface area contributed by atoms with E-state index in [0.29, 0.717) is 0 Å². The van der Waals surface area contributed by atoms with Crippen molar-refractivity contribution in [1.29, 1.82) is 0 Å². The molecule has 0 aliphatic heterocycles. The molecule has 0 amide bonds. The van der Waals surface area contributed by atoms with Crippen LogP contribution in [0.25, 0.3) is 76.9 Å². The Morgan fingerprint density at radius 1 is 0.327 bits per heavy atom. The standard InChI is InChI=1S/C46H29NO2/c1-2-10-30(11-3-1)33-22-20-32-21-23-34(29-35(32)28-33)31-24-26-36(27-25-31)47(41-16-8-14-39-37-12-4-6-18-43(37)48-45(39)41)42-17-9-15-40-38-13-5-7-19-44(38)49-46(40)42/h1-29H. The summed E-state index contributed by atoms with van der Waals surface area (Å²) in [6.45, 7) is 0. The second-order valence-corrected chi connectivity index (χ2v) is 12.5. The van der Waals surface area contributed by atoms with E-state index >= 15 is 0 Å². The highest BCUT2D eigenvalue weighted by Gasteiger charge is 2.23. The number of rotatable bonds is 5. The van der Waals surface area contributed by atoms with Crippen LogP contribution in [-0.4, -0.2) is 0 Å². The maximum absolute atomic E-state index is 6.58. The minimum atomic E-state index is 0.838.